The minimum absolute atomic E-state index is 0.0709. The van der Waals surface area contributed by atoms with Crippen molar-refractivity contribution in [2.45, 2.75) is 17.7 Å². The van der Waals surface area contributed by atoms with E-state index < -0.39 is 10.0 Å². The molecule has 1 aromatic heterocycles. The Kier molecular flexibility index (Phi) is 3.69. The van der Waals surface area contributed by atoms with Crippen LogP contribution < -0.4 is 9.62 Å². The van der Waals surface area contributed by atoms with Gasteiger partial charge in [-0.05, 0) is 48.9 Å². The van der Waals surface area contributed by atoms with Crippen LogP contribution in [0.3, 0.4) is 0 Å². The predicted molar refractivity (Wildman–Crippen MR) is 94.9 cm³/mol. The van der Waals surface area contributed by atoms with Gasteiger partial charge in [0, 0.05) is 24.0 Å². The van der Waals surface area contributed by atoms with Crippen molar-refractivity contribution in [1.82, 2.24) is 10.2 Å². The third kappa shape index (κ3) is 2.96. The van der Waals surface area contributed by atoms with Gasteiger partial charge in [-0.15, -0.1) is 0 Å². The fourth-order valence-corrected chi connectivity index (χ4v) is 3.99. The summed E-state index contributed by atoms with van der Waals surface area (Å²) in [4.78, 5) is 13.6. The van der Waals surface area contributed by atoms with E-state index in [1.807, 2.05) is 0 Å². The molecule has 4 rings (SSSR count). The van der Waals surface area contributed by atoms with Crippen LogP contribution in [0.25, 0.3) is 10.9 Å². The smallest absolute Gasteiger partial charge is 0.261 e. The second kappa shape index (κ2) is 5.89. The molecule has 1 fully saturated rings. The molecular weight excluding hydrogens is 340 g/mol. The molecule has 0 aliphatic carbocycles. The molecule has 0 unspecified atom stereocenters. The summed E-state index contributed by atoms with van der Waals surface area (Å²) in [6.45, 7) is 0.674. The van der Waals surface area contributed by atoms with Crippen LogP contribution in [0.15, 0.2) is 53.6 Å². The number of nitrogens with zero attached hydrogens (tertiary/aromatic N) is 2. The molecule has 1 aliphatic heterocycles. The van der Waals surface area contributed by atoms with E-state index in [2.05, 4.69) is 14.9 Å². The maximum absolute atomic E-state index is 12.6. The third-order valence-electron chi connectivity index (χ3n) is 4.23. The van der Waals surface area contributed by atoms with Crippen molar-refractivity contribution in [2.24, 2.45) is 0 Å². The van der Waals surface area contributed by atoms with E-state index in [1.165, 1.54) is 12.1 Å². The van der Waals surface area contributed by atoms with Gasteiger partial charge in [-0.2, -0.15) is 5.10 Å². The van der Waals surface area contributed by atoms with Crippen molar-refractivity contribution < 1.29 is 13.2 Å². The molecular formula is C17H16N4O3S. The van der Waals surface area contributed by atoms with Gasteiger partial charge in [-0.3, -0.25) is 14.6 Å². The molecule has 2 N–H and O–H groups in total. The molecule has 3 aromatic rings. The molecule has 1 aliphatic rings. The zero-order chi connectivity index (χ0) is 17.4. The van der Waals surface area contributed by atoms with Crippen LogP contribution in [-0.4, -0.2) is 31.1 Å². The van der Waals surface area contributed by atoms with Crippen molar-refractivity contribution in [3.8, 4) is 0 Å². The van der Waals surface area contributed by atoms with Crippen LogP contribution in [-0.2, 0) is 14.8 Å². The van der Waals surface area contributed by atoms with E-state index >= 15 is 0 Å². The molecule has 0 bridgehead atoms. The predicted octanol–water partition coefficient (Wildman–Crippen LogP) is 2.49. The Labute approximate surface area is 144 Å². The fourth-order valence-electron chi connectivity index (χ4n) is 2.94. The monoisotopic (exact) mass is 356 g/mol. The van der Waals surface area contributed by atoms with Crippen molar-refractivity contribution >= 4 is 38.2 Å². The SMILES string of the molecule is O=C1CCCN1c1ccc(S(=O)(=O)Nc2ccc3cn[nH]c3c2)cc1. The number of nitrogens with one attached hydrogen (secondary N) is 2. The van der Waals surface area contributed by atoms with Crippen LogP contribution in [0.1, 0.15) is 12.8 Å². The van der Waals surface area contributed by atoms with Gasteiger partial charge < -0.3 is 4.90 Å². The van der Waals surface area contributed by atoms with Gasteiger partial charge in [0.15, 0.2) is 0 Å². The Hall–Kier alpha value is -2.87. The molecule has 2 heterocycles. The minimum atomic E-state index is -3.71. The van der Waals surface area contributed by atoms with Gasteiger partial charge >= 0.3 is 0 Å². The maximum atomic E-state index is 12.6. The van der Waals surface area contributed by atoms with Gasteiger partial charge in [0.25, 0.3) is 10.0 Å². The van der Waals surface area contributed by atoms with Crippen molar-refractivity contribution in [3.05, 3.63) is 48.7 Å². The molecule has 2 aromatic carbocycles. The lowest BCUT2D eigenvalue weighted by Gasteiger charge is -2.16. The molecule has 1 amide bonds. The number of aromatic nitrogens is 2. The van der Waals surface area contributed by atoms with E-state index in [4.69, 9.17) is 0 Å². The lowest BCUT2D eigenvalue weighted by molar-refractivity contribution is -0.117. The zero-order valence-corrected chi connectivity index (χ0v) is 14.1. The first-order chi connectivity index (χ1) is 12.0. The molecule has 0 atom stereocenters. The highest BCUT2D eigenvalue weighted by Crippen LogP contribution is 2.24. The first-order valence-electron chi connectivity index (χ1n) is 7.89. The number of carbonyl (C=O) groups is 1. The number of hydrogen-bond donors (Lipinski definition) is 2. The highest BCUT2D eigenvalue weighted by molar-refractivity contribution is 7.92. The molecule has 1 saturated heterocycles. The number of carbonyl (C=O) groups excluding carboxylic acids is 1. The highest BCUT2D eigenvalue weighted by atomic mass is 32.2. The Morgan fingerprint density at radius 3 is 2.64 bits per heavy atom. The zero-order valence-electron chi connectivity index (χ0n) is 13.3. The molecule has 0 radical (unpaired) electrons. The summed E-state index contributed by atoms with van der Waals surface area (Å²) in [6.07, 6.45) is 3.04. The number of anilines is 2. The maximum Gasteiger partial charge on any atom is 0.261 e. The number of hydrogen-bond acceptors (Lipinski definition) is 4. The quantitative estimate of drug-likeness (QED) is 0.751. The van der Waals surface area contributed by atoms with E-state index in [0.29, 0.717) is 18.7 Å². The van der Waals surface area contributed by atoms with Gasteiger partial charge in [0.05, 0.1) is 22.3 Å². The van der Waals surface area contributed by atoms with E-state index in [9.17, 15) is 13.2 Å². The molecule has 25 heavy (non-hydrogen) atoms. The lowest BCUT2D eigenvalue weighted by Crippen LogP contribution is -2.23. The summed E-state index contributed by atoms with van der Waals surface area (Å²) in [5.41, 5.74) is 1.93. The molecule has 0 spiro atoms. The van der Waals surface area contributed by atoms with E-state index in [-0.39, 0.29) is 10.8 Å². The summed E-state index contributed by atoms with van der Waals surface area (Å²) in [6, 6.07) is 11.5. The van der Waals surface area contributed by atoms with Gasteiger partial charge in [-0.25, -0.2) is 8.42 Å². The largest absolute Gasteiger partial charge is 0.312 e. The van der Waals surface area contributed by atoms with Gasteiger partial charge in [0.2, 0.25) is 5.91 Å². The van der Waals surface area contributed by atoms with Crippen LogP contribution >= 0.6 is 0 Å². The first kappa shape index (κ1) is 15.6. The summed E-state index contributed by atoms with van der Waals surface area (Å²) in [7, 11) is -3.71. The molecule has 8 heteroatoms. The van der Waals surface area contributed by atoms with Gasteiger partial charge in [0.1, 0.15) is 0 Å². The number of H-pyrrole nitrogens is 1. The number of rotatable bonds is 4. The van der Waals surface area contributed by atoms with Crippen molar-refractivity contribution in [3.63, 3.8) is 0 Å². The Morgan fingerprint density at radius 1 is 1.12 bits per heavy atom. The summed E-state index contributed by atoms with van der Waals surface area (Å²) in [5, 5.41) is 7.63. The van der Waals surface area contributed by atoms with Crippen LogP contribution in [0.4, 0.5) is 11.4 Å². The summed E-state index contributed by atoms with van der Waals surface area (Å²) < 4.78 is 27.7. The summed E-state index contributed by atoms with van der Waals surface area (Å²) >= 11 is 0. The van der Waals surface area contributed by atoms with Gasteiger partial charge in [-0.1, -0.05) is 0 Å². The number of benzene rings is 2. The van der Waals surface area contributed by atoms with Crippen LogP contribution in [0.5, 0.6) is 0 Å². The topological polar surface area (TPSA) is 95.2 Å². The van der Waals surface area contributed by atoms with E-state index in [0.717, 1.165) is 23.0 Å². The summed E-state index contributed by atoms with van der Waals surface area (Å²) in [5.74, 6) is 0.0709. The van der Waals surface area contributed by atoms with Crippen molar-refractivity contribution in [1.29, 1.82) is 0 Å². The first-order valence-corrected chi connectivity index (χ1v) is 9.38. The number of amides is 1. The minimum Gasteiger partial charge on any atom is -0.312 e. The highest BCUT2D eigenvalue weighted by Gasteiger charge is 2.22. The Balaban J connectivity index is 1.58. The Bertz CT molecular complexity index is 1040. The normalized spacial score (nSPS) is 15.0. The number of sulfonamides is 1. The molecule has 128 valence electrons. The Morgan fingerprint density at radius 2 is 1.92 bits per heavy atom. The fraction of sp³-hybridized carbons (Fsp3) is 0.176. The number of fused-ring (bicyclic) bond motifs is 1. The third-order valence-corrected chi connectivity index (χ3v) is 5.62. The van der Waals surface area contributed by atoms with Crippen LogP contribution in [0.2, 0.25) is 0 Å². The van der Waals surface area contributed by atoms with Crippen LogP contribution in [0, 0.1) is 0 Å². The standard InChI is InChI=1S/C17H16N4O3S/c22-17-2-1-9-21(17)14-5-7-15(8-6-14)25(23,24)20-13-4-3-12-11-18-19-16(12)10-13/h3-8,10-11,20H,1-2,9H2,(H,18,19). The number of aromatic amines is 1. The van der Waals surface area contributed by atoms with E-state index in [1.54, 1.807) is 41.4 Å². The lowest BCUT2D eigenvalue weighted by atomic mass is 10.2. The average molecular weight is 356 g/mol. The molecule has 7 nitrogen and oxygen atoms in total. The second-order valence-corrected chi connectivity index (χ2v) is 7.60. The second-order valence-electron chi connectivity index (χ2n) is 5.92. The van der Waals surface area contributed by atoms with Crippen molar-refractivity contribution in [2.75, 3.05) is 16.2 Å². The molecule has 0 saturated carbocycles. The average Bonchev–Trinajstić information content (AvgIpc) is 3.23.